The van der Waals surface area contributed by atoms with Gasteiger partial charge in [-0.15, -0.1) is 0 Å². The van der Waals surface area contributed by atoms with Crippen molar-refractivity contribution >= 4 is 5.91 Å². The number of benzene rings is 1. The van der Waals surface area contributed by atoms with Crippen molar-refractivity contribution in [3.8, 4) is 0 Å². The highest BCUT2D eigenvalue weighted by Gasteiger charge is 2.04. The molecule has 0 fully saturated rings. The zero-order chi connectivity index (χ0) is 12.8. The number of amides is 1. The number of nitrogens with two attached hydrogens (primary N) is 1. The zero-order valence-corrected chi connectivity index (χ0v) is 9.97. The fraction of sp³-hybridized carbons (Fsp3) is 0.143. The third-order valence-electron chi connectivity index (χ3n) is 2.64. The van der Waals surface area contributed by atoms with Gasteiger partial charge in [0.15, 0.2) is 0 Å². The fourth-order valence-electron chi connectivity index (χ4n) is 1.57. The first kappa shape index (κ1) is 12.3. The minimum Gasteiger partial charge on any atom is -0.348 e. The van der Waals surface area contributed by atoms with Crippen molar-refractivity contribution in [1.29, 1.82) is 0 Å². The van der Waals surface area contributed by atoms with Crippen LogP contribution in [0.15, 0.2) is 48.8 Å². The van der Waals surface area contributed by atoms with Crippen LogP contribution in [-0.2, 0) is 13.1 Å². The second kappa shape index (κ2) is 5.93. The second-order valence-electron chi connectivity index (χ2n) is 3.94. The molecule has 1 aromatic carbocycles. The normalized spacial score (nSPS) is 10.1. The predicted octanol–water partition coefficient (Wildman–Crippen LogP) is 1.47. The van der Waals surface area contributed by atoms with E-state index in [1.807, 2.05) is 24.3 Å². The summed E-state index contributed by atoms with van der Waals surface area (Å²) < 4.78 is 0. The number of aromatic nitrogens is 1. The molecule has 0 saturated carbocycles. The molecular weight excluding hydrogens is 226 g/mol. The topological polar surface area (TPSA) is 68.0 Å². The van der Waals surface area contributed by atoms with Crippen molar-refractivity contribution in [1.82, 2.24) is 10.3 Å². The molecule has 0 radical (unpaired) electrons. The Morgan fingerprint density at radius 2 is 1.89 bits per heavy atom. The van der Waals surface area contributed by atoms with Crippen LogP contribution in [0.3, 0.4) is 0 Å². The zero-order valence-electron chi connectivity index (χ0n) is 9.97. The molecule has 3 N–H and O–H groups in total. The van der Waals surface area contributed by atoms with Crippen LogP contribution >= 0.6 is 0 Å². The molecule has 92 valence electrons. The summed E-state index contributed by atoms with van der Waals surface area (Å²) >= 11 is 0. The minimum absolute atomic E-state index is 0.119. The number of nitrogens with zero attached hydrogens (tertiary/aromatic N) is 1. The molecule has 0 bridgehead atoms. The first-order valence-electron chi connectivity index (χ1n) is 5.75. The highest BCUT2D eigenvalue weighted by Crippen LogP contribution is 2.04. The molecule has 1 amide bonds. The predicted molar refractivity (Wildman–Crippen MR) is 69.7 cm³/mol. The molecule has 0 aliphatic rings. The Kier molecular flexibility index (Phi) is 4.04. The quantitative estimate of drug-likeness (QED) is 0.851. The number of hydrogen-bond acceptors (Lipinski definition) is 3. The molecule has 0 aliphatic carbocycles. The Hall–Kier alpha value is -2.20. The largest absolute Gasteiger partial charge is 0.348 e. The van der Waals surface area contributed by atoms with Crippen LogP contribution < -0.4 is 11.1 Å². The van der Waals surface area contributed by atoms with Gasteiger partial charge < -0.3 is 11.1 Å². The standard InChI is InChI=1S/C14H15N3O/c15-8-11-3-5-12(6-4-11)9-17-14(18)13-2-1-7-16-10-13/h1-7,10H,8-9,15H2,(H,17,18). The lowest BCUT2D eigenvalue weighted by Gasteiger charge is -2.05. The van der Waals surface area contributed by atoms with Gasteiger partial charge >= 0.3 is 0 Å². The van der Waals surface area contributed by atoms with Gasteiger partial charge in [0.25, 0.3) is 5.91 Å². The number of carbonyl (C=O) groups excluding carboxylic acids is 1. The van der Waals surface area contributed by atoms with Crippen LogP contribution in [-0.4, -0.2) is 10.9 Å². The fourth-order valence-corrected chi connectivity index (χ4v) is 1.57. The molecule has 2 rings (SSSR count). The Bertz CT molecular complexity index is 508. The van der Waals surface area contributed by atoms with Crippen LogP contribution in [0, 0.1) is 0 Å². The van der Waals surface area contributed by atoms with Gasteiger partial charge in [-0.05, 0) is 23.3 Å². The highest BCUT2D eigenvalue weighted by molar-refractivity contribution is 5.93. The van der Waals surface area contributed by atoms with Gasteiger partial charge in [-0.3, -0.25) is 9.78 Å². The van der Waals surface area contributed by atoms with E-state index in [4.69, 9.17) is 5.73 Å². The third kappa shape index (κ3) is 3.15. The van der Waals surface area contributed by atoms with Gasteiger partial charge in [0.1, 0.15) is 0 Å². The van der Waals surface area contributed by atoms with E-state index in [0.717, 1.165) is 11.1 Å². The molecule has 0 saturated heterocycles. The number of pyridine rings is 1. The van der Waals surface area contributed by atoms with E-state index >= 15 is 0 Å². The van der Waals surface area contributed by atoms with Gasteiger partial charge in [-0.1, -0.05) is 24.3 Å². The molecular formula is C14H15N3O. The molecule has 0 spiro atoms. The molecule has 0 unspecified atom stereocenters. The lowest BCUT2D eigenvalue weighted by Crippen LogP contribution is -2.22. The summed E-state index contributed by atoms with van der Waals surface area (Å²) in [6.07, 6.45) is 3.19. The highest BCUT2D eigenvalue weighted by atomic mass is 16.1. The Morgan fingerprint density at radius 1 is 1.17 bits per heavy atom. The Labute approximate surface area is 106 Å². The number of carbonyl (C=O) groups is 1. The van der Waals surface area contributed by atoms with Gasteiger partial charge in [-0.25, -0.2) is 0 Å². The van der Waals surface area contributed by atoms with Crippen molar-refractivity contribution in [2.75, 3.05) is 0 Å². The summed E-state index contributed by atoms with van der Waals surface area (Å²) in [5.74, 6) is -0.119. The summed E-state index contributed by atoms with van der Waals surface area (Å²) in [5.41, 5.74) is 8.21. The smallest absolute Gasteiger partial charge is 0.253 e. The van der Waals surface area contributed by atoms with Crippen LogP contribution in [0.1, 0.15) is 21.5 Å². The third-order valence-corrected chi connectivity index (χ3v) is 2.64. The van der Waals surface area contributed by atoms with E-state index < -0.39 is 0 Å². The Balaban J connectivity index is 1.93. The second-order valence-corrected chi connectivity index (χ2v) is 3.94. The minimum atomic E-state index is -0.119. The van der Waals surface area contributed by atoms with Crippen molar-refractivity contribution in [3.05, 3.63) is 65.5 Å². The van der Waals surface area contributed by atoms with Crippen LogP contribution in [0.2, 0.25) is 0 Å². The van der Waals surface area contributed by atoms with Gasteiger partial charge in [-0.2, -0.15) is 0 Å². The molecule has 18 heavy (non-hydrogen) atoms. The van der Waals surface area contributed by atoms with E-state index in [1.54, 1.807) is 24.5 Å². The van der Waals surface area contributed by atoms with Gasteiger partial charge in [0, 0.05) is 25.5 Å². The first-order chi connectivity index (χ1) is 8.79. The van der Waals surface area contributed by atoms with E-state index in [0.29, 0.717) is 18.7 Å². The maximum Gasteiger partial charge on any atom is 0.253 e. The van der Waals surface area contributed by atoms with Crippen molar-refractivity contribution < 1.29 is 4.79 Å². The van der Waals surface area contributed by atoms with E-state index in [2.05, 4.69) is 10.3 Å². The number of nitrogens with one attached hydrogen (secondary N) is 1. The average Bonchev–Trinajstić information content (AvgIpc) is 2.46. The summed E-state index contributed by atoms with van der Waals surface area (Å²) in [6.45, 7) is 1.03. The maximum atomic E-state index is 11.8. The molecule has 0 atom stereocenters. The molecule has 1 aromatic heterocycles. The van der Waals surface area contributed by atoms with Crippen LogP contribution in [0.5, 0.6) is 0 Å². The molecule has 2 aromatic rings. The summed E-state index contributed by atoms with van der Waals surface area (Å²) in [5, 5.41) is 2.84. The summed E-state index contributed by atoms with van der Waals surface area (Å²) in [6, 6.07) is 11.3. The first-order valence-corrected chi connectivity index (χ1v) is 5.75. The Morgan fingerprint density at radius 3 is 2.50 bits per heavy atom. The monoisotopic (exact) mass is 241 g/mol. The molecule has 1 heterocycles. The van der Waals surface area contributed by atoms with Crippen LogP contribution in [0.25, 0.3) is 0 Å². The molecule has 4 heteroatoms. The van der Waals surface area contributed by atoms with Crippen LogP contribution in [0.4, 0.5) is 0 Å². The number of rotatable bonds is 4. The molecule has 0 aliphatic heterocycles. The summed E-state index contributed by atoms with van der Waals surface area (Å²) in [4.78, 5) is 15.7. The van der Waals surface area contributed by atoms with E-state index in [9.17, 15) is 4.79 Å². The van der Waals surface area contributed by atoms with E-state index in [-0.39, 0.29) is 5.91 Å². The SMILES string of the molecule is NCc1ccc(CNC(=O)c2cccnc2)cc1. The van der Waals surface area contributed by atoms with Gasteiger partial charge in [0.05, 0.1) is 5.56 Å². The summed E-state index contributed by atoms with van der Waals surface area (Å²) in [7, 11) is 0. The molecule has 4 nitrogen and oxygen atoms in total. The lowest BCUT2D eigenvalue weighted by atomic mass is 10.1. The maximum absolute atomic E-state index is 11.8. The lowest BCUT2D eigenvalue weighted by molar-refractivity contribution is 0.0950. The van der Waals surface area contributed by atoms with Gasteiger partial charge in [0.2, 0.25) is 0 Å². The van der Waals surface area contributed by atoms with Crippen molar-refractivity contribution in [2.24, 2.45) is 5.73 Å². The average molecular weight is 241 g/mol. The van der Waals surface area contributed by atoms with Crippen molar-refractivity contribution in [2.45, 2.75) is 13.1 Å². The van der Waals surface area contributed by atoms with E-state index in [1.165, 1.54) is 0 Å². The van der Waals surface area contributed by atoms with Crippen molar-refractivity contribution in [3.63, 3.8) is 0 Å². The number of hydrogen-bond donors (Lipinski definition) is 2.